The Bertz CT molecular complexity index is 576. The van der Waals surface area contributed by atoms with Gasteiger partial charge in [0.1, 0.15) is 6.54 Å². The van der Waals surface area contributed by atoms with Gasteiger partial charge in [0.15, 0.2) is 0 Å². The highest BCUT2D eigenvalue weighted by Gasteiger charge is 2.19. The largest absolute Gasteiger partial charge is 0.338 e. The summed E-state index contributed by atoms with van der Waals surface area (Å²) in [5.74, 6) is -0.0776. The third-order valence-electron chi connectivity index (χ3n) is 3.76. The lowest BCUT2D eigenvalue weighted by Gasteiger charge is -2.29. The van der Waals surface area contributed by atoms with Crippen LogP contribution in [0.5, 0.6) is 0 Å². The van der Waals surface area contributed by atoms with Crippen molar-refractivity contribution in [1.29, 1.82) is 0 Å². The van der Waals surface area contributed by atoms with Crippen LogP contribution in [0, 0.1) is 0 Å². The SMILES string of the molecule is CCCCCN(C(=O)Cn1ccc(=O)[nH]c1=O)C(C)CCC. The molecule has 124 valence electrons. The average molecular weight is 309 g/mol. The first kappa shape index (κ1) is 18.2. The van der Waals surface area contributed by atoms with Crippen molar-refractivity contribution < 1.29 is 4.79 Å². The molecule has 0 aliphatic rings. The molecule has 1 rings (SSSR count). The molecule has 0 saturated heterocycles. The molecule has 0 saturated carbocycles. The maximum atomic E-state index is 12.5. The highest BCUT2D eigenvalue weighted by Crippen LogP contribution is 2.10. The number of carbonyl (C=O) groups excluding carboxylic acids is 1. The monoisotopic (exact) mass is 309 g/mol. The minimum Gasteiger partial charge on any atom is -0.338 e. The van der Waals surface area contributed by atoms with Crippen molar-refractivity contribution in [3.05, 3.63) is 33.1 Å². The molecule has 1 aromatic rings. The highest BCUT2D eigenvalue weighted by atomic mass is 16.2. The Morgan fingerprint density at radius 3 is 2.59 bits per heavy atom. The molecule has 6 nitrogen and oxygen atoms in total. The summed E-state index contributed by atoms with van der Waals surface area (Å²) in [6.45, 7) is 6.95. The fourth-order valence-electron chi connectivity index (χ4n) is 2.50. The summed E-state index contributed by atoms with van der Waals surface area (Å²) in [5, 5.41) is 0. The standard InChI is InChI=1S/C16H27N3O3/c1-4-6-7-10-19(13(3)8-5-2)15(21)12-18-11-9-14(20)17-16(18)22/h9,11,13H,4-8,10,12H2,1-3H3,(H,17,20,22). The van der Waals surface area contributed by atoms with E-state index in [-0.39, 0.29) is 18.5 Å². The Balaban J connectivity index is 2.81. The number of aromatic amines is 1. The van der Waals surface area contributed by atoms with Crippen LogP contribution in [-0.2, 0) is 11.3 Å². The molecule has 1 amide bonds. The third-order valence-corrected chi connectivity index (χ3v) is 3.76. The molecule has 1 unspecified atom stereocenters. The van der Waals surface area contributed by atoms with Crippen LogP contribution in [-0.4, -0.2) is 32.9 Å². The molecule has 22 heavy (non-hydrogen) atoms. The predicted molar refractivity (Wildman–Crippen MR) is 86.9 cm³/mol. The molecule has 1 aromatic heterocycles. The van der Waals surface area contributed by atoms with Crippen LogP contribution in [0.1, 0.15) is 52.9 Å². The van der Waals surface area contributed by atoms with E-state index < -0.39 is 11.2 Å². The molecule has 0 bridgehead atoms. The molecule has 0 radical (unpaired) electrons. The van der Waals surface area contributed by atoms with Crippen molar-refractivity contribution in [2.75, 3.05) is 6.54 Å². The summed E-state index contributed by atoms with van der Waals surface area (Å²) >= 11 is 0. The van der Waals surface area contributed by atoms with E-state index in [1.165, 1.54) is 16.8 Å². The quantitative estimate of drug-likeness (QED) is 0.706. The summed E-state index contributed by atoms with van der Waals surface area (Å²) < 4.78 is 1.25. The first-order valence-corrected chi connectivity index (χ1v) is 8.08. The number of nitrogens with one attached hydrogen (secondary N) is 1. The van der Waals surface area contributed by atoms with Crippen LogP contribution >= 0.6 is 0 Å². The topological polar surface area (TPSA) is 75.2 Å². The van der Waals surface area contributed by atoms with Gasteiger partial charge in [0.05, 0.1) is 0 Å². The number of carbonyl (C=O) groups is 1. The van der Waals surface area contributed by atoms with Gasteiger partial charge in [0, 0.05) is 24.8 Å². The fraction of sp³-hybridized carbons (Fsp3) is 0.688. The molecule has 1 N–H and O–H groups in total. The van der Waals surface area contributed by atoms with E-state index in [4.69, 9.17) is 0 Å². The van der Waals surface area contributed by atoms with Gasteiger partial charge in [0.25, 0.3) is 5.56 Å². The first-order chi connectivity index (χ1) is 10.5. The van der Waals surface area contributed by atoms with Crippen LogP contribution in [0.2, 0.25) is 0 Å². The maximum absolute atomic E-state index is 12.5. The van der Waals surface area contributed by atoms with Crippen molar-refractivity contribution in [2.45, 2.75) is 65.5 Å². The van der Waals surface area contributed by atoms with Crippen molar-refractivity contribution in [3.63, 3.8) is 0 Å². The molecule has 0 spiro atoms. The molecule has 1 heterocycles. The van der Waals surface area contributed by atoms with Gasteiger partial charge in [-0.1, -0.05) is 33.1 Å². The van der Waals surface area contributed by atoms with Crippen molar-refractivity contribution >= 4 is 5.91 Å². The lowest BCUT2D eigenvalue weighted by molar-refractivity contribution is -0.134. The summed E-state index contributed by atoms with van der Waals surface area (Å²) in [7, 11) is 0. The second-order valence-electron chi connectivity index (χ2n) is 5.67. The van der Waals surface area contributed by atoms with Crippen LogP contribution in [0.25, 0.3) is 0 Å². The van der Waals surface area contributed by atoms with Crippen molar-refractivity contribution in [2.24, 2.45) is 0 Å². The van der Waals surface area contributed by atoms with Gasteiger partial charge < -0.3 is 4.90 Å². The first-order valence-electron chi connectivity index (χ1n) is 8.08. The lowest BCUT2D eigenvalue weighted by atomic mass is 10.1. The maximum Gasteiger partial charge on any atom is 0.328 e. The second-order valence-corrected chi connectivity index (χ2v) is 5.67. The summed E-state index contributed by atoms with van der Waals surface area (Å²) in [5.41, 5.74) is -0.995. The molecular weight excluding hydrogens is 282 g/mol. The van der Waals surface area contributed by atoms with E-state index in [0.717, 1.165) is 32.1 Å². The lowest BCUT2D eigenvalue weighted by Crippen LogP contribution is -2.43. The summed E-state index contributed by atoms with van der Waals surface area (Å²) in [4.78, 5) is 39.3. The van der Waals surface area contributed by atoms with Crippen LogP contribution in [0.4, 0.5) is 0 Å². The van der Waals surface area contributed by atoms with E-state index in [2.05, 4.69) is 18.8 Å². The Morgan fingerprint density at radius 1 is 1.27 bits per heavy atom. The Hall–Kier alpha value is -1.85. The van der Waals surface area contributed by atoms with E-state index >= 15 is 0 Å². The van der Waals surface area contributed by atoms with Crippen molar-refractivity contribution in [1.82, 2.24) is 14.5 Å². The number of aromatic nitrogens is 2. The van der Waals surface area contributed by atoms with Gasteiger partial charge in [-0.2, -0.15) is 0 Å². The van der Waals surface area contributed by atoms with Crippen LogP contribution < -0.4 is 11.2 Å². The molecule has 0 fully saturated rings. The molecular formula is C16H27N3O3. The second kappa shape index (κ2) is 9.23. The van der Waals surface area contributed by atoms with Crippen LogP contribution in [0.15, 0.2) is 21.9 Å². The molecule has 0 aliphatic heterocycles. The van der Waals surface area contributed by atoms with E-state index in [0.29, 0.717) is 6.54 Å². The number of rotatable bonds is 9. The fourth-order valence-corrected chi connectivity index (χ4v) is 2.50. The number of hydrogen-bond acceptors (Lipinski definition) is 3. The molecule has 0 aliphatic carbocycles. The van der Waals surface area contributed by atoms with Gasteiger partial charge in [-0.3, -0.25) is 19.1 Å². The average Bonchev–Trinajstić information content (AvgIpc) is 2.46. The number of unbranched alkanes of at least 4 members (excludes halogenated alkanes) is 2. The number of amides is 1. The molecule has 1 atom stereocenters. The highest BCUT2D eigenvalue weighted by molar-refractivity contribution is 5.76. The van der Waals surface area contributed by atoms with Gasteiger partial charge in [0.2, 0.25) is 5.91 Å². The minimum atomic E-state index is -0.544. The zero-order chi connectivity index (χ0) is 16.5. The van der Waals surface area contributed by atoms with Crippen LogP contribution in [0.3, 0.4) is 0 Å². The van der Waals surface area contributed by atoms with Gasteiger partial charge in [-0.05, 0) is 19.8 Å². The third kappa shape index (κ3) is 5.50. The summed E-state index contributed by atoms with van der Waals surface area (Å²) in [6, 6.07) is 1.42. The normalized spacial score (nSPS) is 12.1. The number of nitrogens with zero attached hydrogens (tertiary/aromatic N) is 2. The van der Waals surface area contributed by atoms with Gasteiger partial charge in [-0.25, -0.2) is 4.79 Å². The van der Waals surface area contributed by atoms with E-state index in [9.17, 15) is 14.4 Å². The number of hydrogen-bond donors (Lipinski definition) is 1. The Labute approximate surface area is 131 Å². The van der Waals surface area contributed by atoms with Gasteiger partial charge in [-0.15, -0.1) is 0 Å². The number of H-pyrrole nitrogens is 1. The smallest absolute Gasteiger partial charge is 0.328 e. The van der Waals surface area contributed by atoms with E-state index in [1.807, 2.05) is 11.8 Å². The molecule has 0 aromatic carbocycles. The molecule has 6 heteroatoms. The van der Waals surface area contributed by atoms with Crippen molar-refractivity contribution in [3.8, 4) is 0 Å². The van der Waals surface area contributed by atoms with Gasteiger partial charge >= 0.3 is 5.69 Å². The zero-order valence-corrected chi connectivity index (χ0v) is 13.8. The zero-order valence-electron chi connectivity index (χ0n) is 13.8. The Kier molecular flexibility index (Phi) is 7.63. The minimum absolute atomic E-state index is 0.0320. The van der Waals surface area contributed by atoms with E-state index in [1.54, 1.807) is 0 Å². The Morgan fingerprint density at radius 2 is 2.00 bits per heavy atom. The summed E-state index contributed by atoms with van der Waals surface area (Å²) in [6.07, 6.45) is 6.48. The predicted octanol–water partition coefficient (Wildman–Crippen LogP) is 1.74.